The summed E-state index contributed by atoms with van der Waals surface area (Å²) in [5, 5.41) is 4.29. The van der Waals surface area contributed by atoms with Gasteiger partial charge in [0, 0.05) is 22.6 Å². The zero-order chi connectivity index (χ0) is 16.4. The third-order valence-corrected chi connectivity index (χ3v) is 3.62. The van der Waals surface area contributed by atoms with Gasteiger partial charge in [-0.05, 0) is 56.1 Å². The monoisotopic (exact) mass is 328 g/mol. The van der Waals surface area contributed by atoms with Crippen molar-refractivity contribution >= 4 is 34.2 Å². The minimum absolute atomic E-state index is 0.264. The highest BCUT2D eigenvalue weighted by atomic mass is 35.5. The van der Waals surface area contributed by atoms with Gasteiger partial charge in [-0.1, -0.05) is 23.7 Å². The minimum Gasteiger partial charge on any atom is -0.451 e. The van der Waals surface area contributed by atoms with E-state index >= 15 is 0 Å². The Hall–Kier alpha value is -2.30. The lowest BCUT2D eigenvalue weighted by Gasteiger charge is -2.11. The Labute approximate surface area is 139 Å². The zero-order valence-electron chi connectivity index (χ0n) is 13.0. The molecular formula is C18H17ClN2O2. The molecule has 2 aromatic carbocycles. The Kier molecular flexibility index (Phi) is 4.37. The van der Waals surface area contributed by atoms with Crippen LogP contribution in [0.15, 0.2) is 52.9 Å². The van der Waals surface area contributed by atoms with Gasteiger partial charge >= 0.3 is 0 Å². The zero-order valence-corrected chi connectivity index (χ0v) is 13.7. The van der Waals surface area contributed by atoms with Crippen molar-refractivity contribution in [2.24, 2.45) is 0 Å². The third kappa shape index (κ3) is 3.73. The number of halogens is 1. The highest BCUT2D eigenvalue weighted by molar-refractivity contribution is 6.31. The summed E-state index contributed by atoms with van der Waals surface area (Å²) in [5.41, 5.74) is 2.51. The molecule has 0 saturated carbocycles. The maximum atomic E-state index is 12.4. The number of amides is 1. The van der Waals surface area contributed by atoms with Crippen LogP contribution in [-0.2, 0) is 6.54 Å². The summed E-state index contributed by atoms with van der Waals surface area (Å²) < 4.78 is 5.57. The average Bonchev–Trinajstić information content (AvgIpc) is 2.90. The molecule has 0 aliphatic rings. The van der Waals surface area contributed by atoms with Crippen molar-refractivity contribution in [2.75, 3.05) is 19.4 Å². The predicted octanol–water partition coefficient (Wildman–Crippen LogP) is 4.40. The van der Waals surface area contributed by atoms with Gasteiger partial charge in [-0.2, -0.15) is 0 Å². The number of nitrogens with one attached hydrogen (secondary N) is 1. The smallest absolute Gasteiger partial charge is 0.291 e. The van der Waals surface area contributed by atoms with E-state index in [9.17, 15) is 4.79 Å². The number of rotatable bonds is 4. The Morgan fingerprint density at radius 3 is 2.78 bits per heavy atom. The van der Waals surface area contributed by atoms with Crippen LogP contribution in [0.1, 0.15) is 16.1 Å². The maximum absolute atomic E-state index is 12.4. The summed E-state index contributed by atoms with van der Waals surface area (Å²) in [4.78, 5) is 14.4. The van der Waals surface area contributed by atoms with Gasteiger partial charge in [0.2, 0.25) is 0 Å². The second kappa shape index (κ2) is 6.44. The minimum atomic E-state index is -0.278. The van der Waals surface area contributed by atoms with E-state index in [0.29, 0.717) is 10.6 Å². The molecule has 0 bridgehead atoms. The first-order chi connectivity index (χ1) is 11.0. The Bertz CT molecular complexity index is 855. The van der Waals surface area contributed by atoms with E-state index in [4.69, 9.17) is 16.0 Å². The quantitative estimate of drug-likeness (QED) is 0.772. The van der Waals surface area contributed by atoms with Gasteiger partial charge in [0.15, 0.2) is 5.76 Å². The fourth-order valence-corrected chi connectivity index (χ4v) is 2.61. The first-order valence-electron chi connectivity index (χ1n) is 7.25. The Morgan fingerprint density at radius 2 is 2.00 bits per heavy atom. The molecule has 1 N–H and O–H groups in total. The first-order valence-corrected chi connectivity index (χ1v) is 7.63. The van der Waals surface area contributed by atoms with Crippen molar-refractivity contribution < 1.29 is 9.21 Å². The number of carbonyl (C=O) groups is 1. The molecule has 1 amide bonds. The highest BCUT2D eigenvalue weighted by Gasteiger charge is 2.13. The van der Waals surface area contributed by atoms with Crippen LogP contribution in [0.2, 0.25) is 5.02 Å². The van der Waals surface area contributed by atoms with Gasteiger partial charge in [-0.15, -0.1) is 0 Å². The fraction of sp³-hybridized carbons (Fsp3) is 0.167. The Balaban J connectivity index is 1.80. The lowest BCUT2D eigenvalue weighted by molar-refractivity contribution is 0.0998. The van der Waals surface area contributed by atoms with Crippen LogP contribution in [0.3, 0.4) is 0 Å². The van der Waals surface area contributed by atoms with Crippen LogP contribution in [0.5, 0.6) is 0 Å². The molecule has 0 saturated heterocycles. The standard InChI is InChI=1S/C18H17ClN2O2/c1-21(2)11-12-4-3-5-15(8-12)20-18(22)17-10-13-9-14(19)6-7-16(13)23-17/h3-10H,11H2,1-2H3,(H,20,22). The van der Waals surface area contributed by atoms with Crippen molar-refractivity contribution in [1.29, 1.82) is 0 Å². The molecule has 4 nitrogen and oxygen atoms in total. The van der Waals surface area contributed by atoms with Crippen molar-refractivity contribution in [1.82, 2.24) is 4.90 Å². The van der Waals surface area contributed by atoms with E-state index in [0.717, 1.165) is 23.2 Å². The number of benzene rings is 2. The van der Waals surface area contributed by atoms with Gasteiger partial charge < -0.3 is 14.6 Å². The van der Waals surface area contributed by atoms with Gasteiger partial charge in [0.05, 0.1) is 0 Å². The molecule has 0 radical (unpaired) electrons. The largest absolute Gasteiger partial charge is 0.451 e. The molecule has 0 spiro atoms. The van der Waals surface area contributed by atoms with Crippen molar-refractivity contribution in [2.45, 2.75) is 6.54 Å². The van der Waals surface area contributed by atoms with Crippen molar-refractivity contribution in [3.8, 4) is 0 Å². The number of hydrogen-bond acceptors (Lipinski definition) is 3. The maximum Gasteiger partial charge on any atom is 0.291 e. The topological polar surface area (TPSA) is 45.5 Å². The van der Waals surface area contributed by atoms with Crippen molar-refractivity contribution in [3.05, 3.63) is 64.9 Å². The molecule has 1 aromatic heterocycles. The van der Waals surface area contributed by atoms with Crippen LogP contribution in [0.25, 0.3) is 11.0 Å². The highest BCUT2D eigenvalue weighted by Crippen LogP contribution is 2.23. The van der Waals surface area contributed by atoms with E-state index in [1.54, 1.807) is 24.3 Å². The summed E-state index contributed by atoms with van der Waals surface area (Å²) in [6.07, 6.45) is 0. The number of fused-ring (bicyclic) bond motifs is 1. The molecule has 0 aliphatic carbocycles. The Morgan fingerprint density at radius 1 is 1.17 bits per heavy atom. The number of anilines is 1. The normalized spacial score (nSPS) is 11.1. The van der Waals surface area contributed by atoms with E-state index in [1.807, 2.05) is 38.4 Å². The second-order valence-corrected chi connectivity index (χ2v) is 6.12. The number of carbonyl (C=O) groups excluding carboxylic acids is 1. The number of furan rings is 1. The lowest BCUT2D eigenvalue weighted by atomic mass is 10.2. The molecule has 23 heavy (non-hydrogen) atoms. The molecule has 118 valence electrons. The van der Waals surface area contributed by atoms with Crippen molar-refractivity contribution in [3.63, 3.8) is 0 Å². The van der Waals surface area contributed by atoms with Crippen LogP contribution >= 0.6 is 11.6 Å². The summed E-state index contributed by atoms with van der Waals surface area (Å²) in [5.74, 6) is -0.0143. The summed E-state index contributed by atoms with van der Waals surface area (Å²) in [7, 11) is 4.01. The van der Waals surface area contributed by atoms with Crippen LogP contribution in [0.4, 0.5) is 5.69 Å². The average molecular weight is 329 g/mol. The molecule has 0 aliphatic heterocycles. The van der Waals surface area contributed by atoms with Gasteiger partial charge in [-0.3, -0.25) is 4.79 Å². The molecule has 1 heterocycles. The summed E-state index contributed by atoms with van der Waals surface area (Å²) >= 11 is 5.95. The van der Waals surface area contributed by atoms with E-state index in [1.165, 1.54) is 0 Å². The van der Waals surface area contributed by atoms with Crippen LogP contribution in [-0.4, -0.2) is 24.9 Å². The van der Waals surface area contributed by atoms with Crippen LogP contribution < -0.4 is 5.32 Å². The molecule has 3 aromatic rings. The molecule has 0 atom stereocenters. The van der Waals surface area contributed by atoms with Crippen LogP contribution in [0, 0.1) is 0 Å². The predicted molar refractivity (Wildman–Crippen MR) is 93.0 cm³/mol. The third-order valence-electron chi connectivity index (χ3n) is 3.39. The molecular weight excluding hydrogens is 312 g/mol. The van der Waals surface area contributed by atoms with Gasteiger partial charge in [0.1, 0.15) is 5.58 Å². The molecule has 0 fully saturated rings. The van der Waals surface area contributed by atoms with E-state index in [-0.39, 0.29) is 11.7 Å². The second-order valence-electron chi connectivity index (χ2n) is 5.69. The fourth-order valence-electron chi connectivity index (χ4n) is 2.43. The van der Waals surface area contributed by atoms with Gasteiger partial charge in [0.25, 0.3) is 5.91 Å². The number of nitrogens with zero attached hydrogens (tertiary/aromatic N) is 1. The summed E-state index contributed by atoms with van der Waals surface area (Å²) in [6.45, 7) is 0.812. The molecule has 0 unspecified atom stereocenters. The van der Waals surface area contributed by atoms with E-state index in [2.05, 4.69) is 10.2 Å². The first kappa shape index (κ1) is 15.6. The summed E-state index contributed by atoms with van der Waals surface area (Å²) in [6, 6.07) is 14.7. The number of hydrogen-bond donors (Lipinski definition) is 1. The molecule has 5 heteroatoms. The van der Waals surface area contributed by atoms with E-state index < -0.39 is 0 Å². The van der Waals surface area contributed by atoms with Gasteiger partial charge in [-0.25, -0.2) is 0 Å². The lowest BCUT2D eigenvalue weighted by Crippen LogP contribution is -2.13. The molecule has 3 rings (SSSR count). The SMILES string of the molecule is CN(C)Cc1cccc(NC(=O)c2cc3cc(Cl)ccc3o2)c1.